The van der Waals surface area contributed by atoms with Gasteiger partial charge in [0.2, 0.25) is 0 Å². The largest absolute Gasteiger partial charge is 0.387 e. The zero-order chi connectivity index (χ0) is 13.0. The minimum Gasteiger partial charge on any atom is -0.387 e. The molecule has 3 heteroatoms. The molecule has 0 aromatic heterocycles. The smallest absolute Gasteiger partial charge is 0.0947 e. The maximum Gasteiger partial charge on any atom is 0.0947 e. The highest BCUT2D eigenvalue weighted by Gasteiger charge is 2.30. The van der Waals surface area contributed by atoms with Crippen LogP contribution in [0.1, 0.15) is 25.5 Å². The molecular formula is C15H23NO2. The first-order valence-electron chi connectivity index (χ1n) is 6.75. The van der Waals surface area contributed by atoms with Crippen LogP contribution in [0.3, 0.4) is 0 Å². The summed E-state index contributed by atoms with van der Waals surface area (Å²) in [7, 11) is 0. The van der Waals surface area contributed by atoms with E-state index < -0.39 is 6.10 Å². The molecule has 1 N–H and O–H groups in total. The normalized spacial score (nSPS) is 20.9. The maximum absolute atomic E-state index is 10.6. The van der Waals surface area contributed by atoms with E-state index >= 15 is 0 Å². The van der Waals surface area contributed by atoms with Crippen LogP contribution in [0.2, 0.25) is 0 Å². The van der Waals surface area contributed by atoms with Crippen molar-refractivity contribution < 1.29 is 9.84 Å². The van der Waals surface area contributed by atoms with Crippen LogP contribution in [-0.2, 0) is 4.74 Å². The molecule has 0 radical (unpaired) electrons. The molecule has 1 fully saturated rings. The molecule has 1 heterocycles. The van der Waals surface area contributed by atoms with Crippen molar-refractivity contribution in [1.82, 2.24) is 4.90 Å². The molecule has 2 rings (SSSR count). The van der Waals surface area contributed by atoms with E-state index in [2.05, 4.69) is 18.7 Å². The number of ether oxygens (including phenoxy) is 1. The zero-order valence-corrected chi connectivity index (χ0v) is 11.2. The number of aliphatic hydroxyl groups excluding tert-OH is 1. The average Bonchev–Trinajstić information content (AvgIpc) is 2.40. The predicted octanol–water partition coefficient (Wildman–Crippen LogP) is 2.08. The summed E-state index contributed by atoms with van der Waals surface area (Å²) in [5.74, 6) is 0.415. The molecule has 1 aliphatic heterocycles. The molecule has 2 unspecified atom stereocenters. The van der Waals surface area contributed by atoms with Gasteiger partial charge in [-0.1, -0.05) is 44.2 Å². The van der Waals surface area contributed by atoms with Gasteiger partial charge < -0.3 is 9.84 Å². The molecule has 0 bridgehead atoms. The van der Waals surface area contributed by atoms with E-state index in [0.717, 1.165) is 31.9 Å². The molecule has 0 spiro atoms. The zero-order valence-electron chi connectivity index (χ0n) is 11.2. The van der Waals surface area contributed by atoms with Gasteiger partial charge in [0.1, 0.15) is 0 Å². The lowest BCUT2D eigenvalue weighted by atomic mass is 9.91. The molecule has 3 nitrogen and oxygen atoms in total. The SMILES string of the molecule is CC(C)C(C(O)c1ccccc1)N1CCOCC1. The first-order valence-corrected chi connectivity index (χ1v) is 6.75. The average molecular weight is 249 g/mol. The minimum atomic E-state index is -0.427. The van der Waals surface area contributed by atoms with Gasteiger partial charge in [0.25, 0.3) is 0 Å². The van der Waals surface area contributed by atoms with Gasteiger partial charge >= 0.3 is 0 Å². The topological polar surface area (TPSA) is 32.7 Å². The molecule has 1 aromatic rings. The van der Waals surface area contributed by atoms with Crippen molar-refractivity contribution in [1.29, 1.82) is 0 Å². The molecule has 18 heavy (non-hydrogen) atoms. The van der Waals surface area contributed by atoms with Crippen LogP contribution < -0.4 is 0 Å². The van der Waals surface area contributed by atoms with Crippen LogP contribution in [0, 0.1) is 5.92 Å². The van der Waals surface area contributed by atoms with Crippen molar-refractivity contribution in [3.63, 3.8) is 0 Å². The summed E-state index contributed by atoms with van der Waals surface area (Å²) in [6.07, 6.45) is -0.427. The van der Waals surface area contributed by atoms with Gasteiger partial charge in [0.15, 0.2) is 0 Å². The lowest BCUT2D eigenvalue weighted by molar-refractivity contribution is -0.0376. The van der Waals surface area contributed by atoms with Gasteiger partial charge in [-0.15, -0.1) is 0 Å². The summed E-state index contributed by atoms with van der Waals surface area (Å²) in [5, 5.41) is 10.6. The number of nitrogens with zero attached hydrogens (tertiary/aromatic N) is 1. The molecule has 0 saturated carbocycles. The molecule has 1 aliphatic rings. The molecule has 1 saturated heterocycles. The second-order valence-electron chi connectivity index (χ2n) is 5.24. The van der Waals surface area contributed by atoms with E-state index in [4.69, 9.17) is 4.74 Å². The third-order valence-corrected chi connectivity index (χ3v) is 3.61. The highest BCUT2D eigenvalue weighted by Crippen LogP contribution is 2.27. The molecule has 1 aromatic carbocycles. The fraction of sp³-hybridized carbons (Fsp3) is 0.600. The lowest BCUT2D eigenvalue weighted by Gasteiger charge is -2.39. The summed E-state index contributed by atoms with van der Waals surface area (Å²) >= 11 is 0. The highest BCUT2D eigenvalue weighted by atomic mass is 16.5. The monoisotopic (exact) mass is 249 g/mol. The Morgan fingerprint density at radius 2 is 1.72 bits per heavy atom. The third kappa shape index (κ3) is 3.10. The van der Waals surface area contributed by atoms with E-state index in [1.165, 1.54) is 0 Å². The van der Waals surface area contributed by atoms with Crippen molar-refractivity contribution in [2.75, 3.05) is 26.3 Å². The minimum absolute atomic E-state index is 0.163. The fourth-order valence-electron chi connectivity index (χ4n) is 2.71. The number of rotatable bonds is 4. The Kier molecular flexibility index (Phi) is 4.75. The lowest BCUT2D eigenvalue weighted by Crippen LogP contribution is -2.48. The second-order valence-corrected chi connectivity index (χ2v) is 5.24. The predicted molar refractivity (Wildman–Crippen MR) is 72.4 cm³/mol. The van der Waals surface area contributed by atoms with Crippen LogP contribution in [0.5, 0.6) is 0 Å². The molecule has 0 aliphatic carbocycles. The van der Waals surface area contributed by atoms with Crippen LogP contribution in [0.4, 0.5) is 0 Å². The van der Waals surface area contributed by atoms with Gasteiger partial charge in [-0.25, -0.2) is 0 Å². The maximum atomic E-state index is 10.6. The van der Waals surface area contributed by atoms with Gasteiger partial charge in [-0.2, -0.15) is 0 Å². The first kappa shape index (κ1) is 13.5. The van der Waals surface area contributed by atoms with Gasteiger partial charge in [-0.05, 0) is 11.5 Å². The van der Waals surface area contributed by atoms with Crippen molar-refractivity contribution in [3.8, 4) is 0 Å². The van der Waals surface area contributed by atoms with Crippen LogP contribution >= 0.6 is 0 Å². The van der Waals surface area contributed by atoms with E-state index in [9.17, 15) is 5.11 Å². The van der Waals surface area contributed by atoms with Crippen molar-refractivity contribution in [2.24, 2.45) is 5.92 Å². The summed E-state index contributed by atoms with van der Waals surface area (Å²) in [6.45, 7) is 7.70. The number of hydrogen-bond donors (Lipinski definition) is 1. The summed E-state index contributed by atoms with van der Waals surface area (Å²) in [6, 6.07) is 10.1. The van der Waals surface area contributed by atoms with Crippen LogP contribution in [-0.4, -0.2) is 42.4 Å². The molecule has 0 amide bonds. The van der Waals surface area contributed by atoms with Gasteiger partial charge in [-0.3, -0.25) is 4.90 Å². The van der Waals surface area contributed by atoms with E-state index in [1.807, 2.05) is 30.3 Å². The molecular weight excluding hydrogens is 226 g/mol. The Hall–Kier alpha value is -0.900. The van der Waals surface area contributed by atoms with Crippen molar-refractivity contribution in [2.45, 2.75) is 26.0 Å². The summed E-state index contributed by atoms with van der Waals surface area (Å²) in [5.41, 5.74) is 1.00. The van der Waals surface area contributed by atoms with E-state index in [-0.39, 0.29) is 6.04 Å². The van der Waals surface area contributed by atoms with Crippen molar-refractivity contribution in [3.05, 3.63) is 35.9 Å². The third-order valence-electron chi connectivity index (χ3n) is 3.61. The number of aliphatic hydroxyl groups is 1. The number of benzene rings is 1. The van der Waals surface area contributed by atoms with Crippen LogP contribution in [0.25, 0.3) is 0 Å². The molecule has 100 valence electrons. The van der Waals surface area contributed by atoms with E-state index in [1.54, 1.807) is 0 Å². The Balaban J connectivity index is 2.14. The standard InChI is InChI=1S/C15H23NO2/c1-12(2)14(16-8-10-18-11-9-16)15(17)13-6-4-3-5-7-13/h3-7,12,14-15,17H,8-11H2,1-2H3. The Labute approximate surface area is 109 Å². The quantitative estimate of drug-likeness (QED) is 0.886. The second kappa shape index (κ2) is 6.32. The highest BCUT2D eigenvalue weighted by molar-refractivity contribution is 5.19. The Bertz CT molecular complexity index is 347. The number of hydrogen-bond acceptors (Lipinski definition) is 3. The Morgan fingerprint density at radius 3 is 2.28 bits per heavy atom. The van der Waals surface area contributed by atoms with Crippen molar-refractivity contribution >= 4 is 0 Å². The summed E-state index contributed by atoms with van der Waals surface area (Å²) < 4.78 is 5.39. The first-order chi connectivity index (χ1) is 8.70. The fourth-order valence-corrected chi connectivity index (χ4v) is 2.71. The van der Waals surface area contributed by atoms with E-state index in [0.29, 0.717) is 5.92 Å². The molecule has 2 atom stereocenters. The van der Waals surface area contributed by atoms with Gasteiger partial charge in [0, 0.05) is 19.1 Å². The van der Waals surface area contributed by atoms with Gasteiger partial charge in [0.05, 0.1) is 19.3 Å². The van der Waals surface area contributed by atoms with Crippen LogP contribution in [0.15, 0.2) is 30.3 Å². The Morgan fingerprint density at radius 1 is 1.11 bits per heavy atom. The summed E-state index contributed by atoms with van der Waals surface area (Å²) in [4.78, 5) is 2.35. The number of morpholine rings is 1.